The van der Waals surface area contributed by atoms with E-state index in [4.69, 9.17) is 36.1 Å². The van der Waals surface area contributed by atoms with Crippen LogP contribution < -0.4 is 16.0 Å². The molecular formula is C81H83FN18O. The van der Waals surface area contributed by atoms with Crippen LogP contribution in [0.1, 0.15) is 135 Å². The van der Waals surface area contributed by atoms with Crippen LogP contribution in [0, 0.1) is 18.2 Å². The first-order valence-electron chi connectivity index (χ1n) is 35.0. The Hall–Kier alpha value is -11.6. The maximum atomic E-state index is 13.9. The van der Waals surface area contributed by atoms with Gasteiger partial charge in [-0.1, -0.05) is 95.1 Å². The zero-order valence-corrected chi connectivity index (χ0v) is 57.8. The molecule has 20 heteroatoms. The number of imidazole rings is 3. The van der Waals surface area contributed by atoms with Gasteiger partial charge in [0.1, 0.15) is 5.82 Å². The van der Waals surface area contributed by atoms with Crippen LogP contribution in [-0.4, -0.2) is 106 Å². The molecule has 1 saturated carbocycles. The zero-order valence-electron chi connectivity index (χ0n) is 57.8. The Kier molecular flexibility index (Phi) is 20.0. The van der Waals surface area contributed by atoms with Crippen molar-refractivity contribution in [3.8, 4) is 46.1 Å². The zero-order chi connectivity index (χ0) is 69.3. The third-order valence-corrected chi connectivity index (χ3v) is 19.4. The van der Waals surface area contributed by atoms with Crippen molar-refractivity contribution in [2.75, 3.05) is 49.3 Å². The van der Waals surface area contributed by atoms with Gasteiger partial charge in [-0.25, -0.2) is 34.3 Å². The molecule has 1 aliphatic rings. The summed E-state index contributed by atoms with van der Waals surface area (Å²) < 4.78 is 25.6. The first-order valence-corrected chi connectivity index (χ1v) is 35.0. The molecular weight excluding hydrogens is 1260 g/mol. The number of halogens is 1. The number of methoxy groups -OCH3 is 1. The number of benzene rings is 3. The minimum atomic E-state index is -0.396. The predicted octanol–water partition coefficient (Wildman–Crippen LogP) is 16.9. The van der Waals surface area contributed by atoms with E-state index in [1.165, 1.54) is 74.7 Å². The lowest BCUT2D eigenvalue weighted by atomic mass is 10.1. The molecule has 1 aliphatic carbocycles. The monoisotopic (exact) mass is 1340 g/mol. The van der Waals surface area contributed by atoms with Gasteiger partial charge in [0, 0.05) is 198 Å². The molecule has 12 heterocycles. The second kappa shape index (κ2) is 30.3. The number of aromatic amines is 3. The smallest absolute Gasteiger partial charge is 0.180 e. The second-order valence-corrected chi connectivity index (χ2v) is 26.2. The summed E-state index contributed by atoms with van der Waals surface area (Å²) in [5.41, 5.74) is 20.2. The molecule has 15 aromatic rings. The highest BCUT2D eigenvalue weighted by Crippen LogP contribution is 2.41. The molecule has 0 aliphatic heterocycles. The van der Waals surface area contributed by atoms with E-state index in [1.54, 1.807) is 25.7 Å². The molecule has 0 spiro atoms. The molecule has 101 heavy (non-hydrogen) atoms. The van der Waals surface area contributed by atoms with Crippen molar-refractivity contribution in [3.05, 3.63) is 235 Å². The first kappa shape index (κ1) is 66.7. The van der Waals surface area contributed by atoms with Crippen LogP contribution >= 0.6 is 0 Å². The van der Waals surface area contributed by atoms with Crippen LogP contribution in [0.5, 0.6) is 0 Å². The number of ether oxygens (including phenoxy) is 1. The topological polar surface area (TPSA) is 222 Å². The number of terminal acetylenes is 1. The van der Waals surface area contributed by atoms with Crippen LogP contribution in [-0.2, 0) is 24.0 Å². The largest absolute Gasteiger partial charge is 0.385 e. The highest BCUT2D eigenvalue weighted by Gasteiger charge is 2.25. The fourth-order valence-electron chi connectivity index (χ4n) is 13.2. The van der Waals surface area contributed by atoms with Crippen LogP contribution in [0.4, 0.5) is 21.8 Å². The van der Waals surface area contributed by atoms with E-state index in [1.807, 2.05) is 72.0 Å². The van der Waals surface area contributed by atoms with Gasteiger partial charge < -0.3 is 35.6 Å². The lowest BCUT2D eigenvalue weighted by molar-refractivity contribution is 0.189. The number of anilines is 3. The van der Waals surface area contributed by atoms with Gasteiger partial charge in [0.2, 0.25) is 0 Å². The number of nitrogens with zero attached hydrogens (tertiary/aromatic N) is 12. The predicted molar refractivity (Wildman–Crippen MR) is 402 cm³/mol. The summed E-state index contributed by atoms with van der Waals surface area (Å²) in [5, 5.41) is 14.3. The Balaban J connectivity index is 0.000000129. The molecule has 3 unspecified atom stereocenters. The maximum absolute atomic E-state index is 13.9. The lowest BCUT2D eigenvalue weighted by Crippen LogP contribution is -2.10. The normalized spacial score (nSPS) is 13.1. The number of hydrogen-bond acceptors (Lipinski definition) is 13. The summed E-state index contributed by atoms with van der Waals surface area (Å²) in [6, 6.07) is 30.7. The SMILES string of the molecule is C#Cc1cncc(-c2cn3c(C(C)CC)cnc3c(NCCc3c[nH]c4ccccc34)n2)c1.CCC(C)c1cnc2c(NCCc3c[nH]c4ccccc34)nc(-c3cncc(C4CC4)c3)cn12.COCCC(C)c1cnc2c(NCCc3c[nH]c4ccccc34)nc(-c3cncc(F)c3)cn12. The number of para-hydroxylation sites is 3. The number of hydrogen-bond donors (Lipinski definition) is 6. The van der Waals surface area contributed by atoms with E-state index in [2.05, 4.69) is 186 Å². The van der Waals surface area contributed by atoms with Crippen LogP contribution in [0.25, 0.3) is 83.4 Å². The van der Waals surface area contributed by atoms with Crippen LogP contribution in [0.2, 0.25) is 0 Å². The third kappa shape index (κ3) is 14.6. The number of H-pyrrole nitrogens is 3. The van der Waals surface area contributed by atoms with Gasteiger partial charge in [-0.15, -0.1) is 6.42 Å². The van der Waals surface area contributed by atoms with Crippen molar-refractivity contribution < 1.29 is 9.13 Å². The number of aromatic nitrogens is 15. The molecule has 0 amide bonds. The number of rotatable bonds is 24. The van der Waals surface area contributed by atoms with Gasteiger partial charge in [-0.05, 0) is 128 Å². The summed E-state index contributed by atoms with van der Waals surface area (Å²) in [5.74, 6) is 6.19. The highest BCUT2D eigenvalue weighted by atomic mass is 19.1. The van der Waals surface area contributed by atoms with Gasteiger partial charge in [-0.3, -0.25) is 28.2 Å². The quantitative estimate of drug-likeness (QED) is 0.0310. The van der Waals surface area contributed by atoms with Crippen molar-refractivity contribution in [2.24, 2.45) is 0 Å². The van der Waals surface area contributed by atoms with Crippen molar-refractivity contribution in [3.63, 3.8) is 0 Å². The summed E-state index contributed by atoms with van der Waals surface area (Å²) >= 11 is 0. The molecule has 0 bridgehead atoms. The third-order valence-electron chi connectivity index (χ3n) is 19.4. The Morgan fingerprint density at radius 1 is 0.525 bits per heavy atom. The van der Waals surface area contributed by atoms with Crippen molar-refractivity contribution in [2.45, 2.75) is 110 Å². The minimum Gasteiger partial charge on any atom is -0.385 e. The molecule has 19 nitrogen and oxygen atoms in total. The number of nitrogens with one attached hydrogen (secondary N) is 6. The molecule has 6 N–H and O–H groups in total. The van der Waals surface area contributed by atoms with Crippen molar-refractivity contribution in [1.29, 1.82) is 0 Å². The summed E-state index contributed by atoms with van der Waals surface area (Å²) in [4.78, 5) is 51.7. The van der Waals surface area contributed by atoms with E-state index in [0.717, 1.165) is 131 Å². The van der Waals surface area contributed by atoms with Crippen molar-refractivity contribution in [1.82, 2.24) is 73.0 Å². The Bertz CT molecular complexity index is 5410. The first-order chi connectivity index (χ1) is 49.5. The molecule has 3 aromatic carbocycles. The van der Waals surface area contributed by atoms with Crippen molar-refractivity contribution >= 4 is 67.1 Å². The van der Waals surface area contributed by atoms with Gasteiger partial charge in [0.15, 0.2) is 34.4 Å². The van der Waals surface area contributed by atoms with Gasteiger partial charge >= 0.3 is 0 Å². The molecule has 1 fully saturated rings. The van der Waals surface area contributed by atoms with E-state index in [-0.39, 0.29) is 5.92 Å². The maximum Gasteiger partial charge on any atom is 0.180 e. The van der Waals surface area contributed by atoms with E-state index >= 15 is 0 Å². The molecule has 12 aromatic heterocycles. The van der Waals surface area contributed by atoms with Crippen LogP contribution in [0.3, 0.4) is 0 Å². The molecule has 16 rings (SSSR count). The number of pyridine rings is 3. The molecule has 0 radical (unpaired) electrons. The average Bonchev–Trinajstić information content (AvgIpc) is 1.71. The van der Waals surface area contributed by atoms with E-state index in [9.17, 15) is 4.39 Å². The van der Waals surface area contributed by atoms with E-state index < -0.39 is 5.82 Å². The molecule has 3 atom stereocenters. The molecule has 510 valence electrons. The summed E-state index contributed by atoms with van der Waals surface area (Å²) in [6.45, 7) is 13.9. The highest BCUT2D eigenvalue weighted by molar-refractivity contribution is 5.85. The van der Waals surface area contributed by atoms with Crippen LogP contribution in [0.15, 0.2) is 184 Å². The average molecular weight is 1340 g/mol. The Labute approximate surface area is 586 Å². The number of fused-ring (bicyclic) bond motifs is 6. The fraction of sp³-hybridized carbons (Fsp3) is 0.272. The summed E-state index contributed by atoms with van der Waals surface area (Å²) in [6.07, 6.45) is 42.0. The van der Waals surface area contributed by atoms with Gasteiger partial charge in [0.05, 0.1) is 23.3 Å². The fourth-order valence-corrected chi connectivity index (χ4v) is 13.2. The van der Waals surface area contributed by atoms with Gasteiger partial charge in [-0.2, -0.15) is 0 Å². The minimum absolute atomic E-state index is 0.231. The second-order valence-electron chi connectivity index (χ2n) is 26.2. The van der Waals surface area contributed by atoms with Gasteiger partial charge in [0.25, 0.3) is 0 Å². The summed E-state index contributed by atoms with van der Waals surface area (Å²) in [7, 11) is 1.70. The standard InChI is InChI=1S/C28H30N6.C27H26N6.C26H27FN6O/c1-3-18(2)26-16-32-28-27(30-11-10-20-15-31-24-7-5-4-6-23(20)24)33-25(17-34(26)28)22-12-21(13-29-14-22)19-8-9-19;1-4-18(3)25-16-31-27-26(29-11-10-20-15-30-23-9-7-6-8-22(20)23)32-24(17-33(25)27)21-12-19(5-2)13-28-14-21;1-17(8-10-34-2)24-15-31-26-25(29-9-7-18-13-30-22-6-4-3-5-21(18)22)32-23(16-33(24)26)19-11-20(27)14-28-12-19/h4-7,12-19,31H,3,8-11H2,1-2H3,(H,30,33);2,6-9,12-18,30H,4,10-11H2,1,3H3,(H,29,32);3-6,11-17,30H,7-10H2,1-2H3,(H,29,32). The lowest BCUT2D eigenvalue weighted by Gasteiger charge is -2.14. The van der Waals surface area contributed by atoms with E-state index in [0.29, 0.717) is 48.0 Å². The Morgan fingerprint density at radius 3 is 1.35 bits per heavy atom. The molecule has 0 saturated heterocycles. The Morgan fingerprint density at radius 2 is 0.931 bits per heavy atom.